The lowest BCUT2D eigenvalue weighted by Gasteiger charge is -2.22. The number of hydrogen-bond acceptors (Lipinski definition) is 5. The summed E-state index contributed by atoms with van der Waals surface area (Å²) in [5, 5.41) is 0. The van der Waals surface area contributed by atoms with Crippen LogP contribution in [0.25, 0.3) is 0 Å². The van der Waals surface area contributed by atoms with Crippen molar-refractivity contribution in [2.45, 2.75) is 6.92 Å². The molecule has 1 unspecified atom stereocenters. The minimum atomic E-state index is -1.10. The van der Waals surface area contributed by atoms with Gasteiger partial charge in [0, 0.05) is 3.57 Å². The summed E-state index contributed by atoms with van der Waals surface area (Å²) >= 11 is 2.10. The molecule has 0 aromatic heterocycles. The van der Waals surface area contributed by atoms with Crippen LogP contribution in [0.4, 0.5) is 0 Å². The van der Waals surface area contributed by atoms with E-state index in [-0.39, 0.29) is 13.2 Å². The number of esters is 1. The van der Waals surface area contributed by atoms with E-state index < -0.39 is 23.5 Å². The van der Waals surface area contributed by atoms with Crippen molar-refractivity contribution < 1.29 is 23.9 Å². The van der Waals surface area contributed by atoms with Crippen molar-refractivity contribution in [3.8, 4) is 5.75 Å². The molecule has 0 N–H and O–H groups in total. The van der Waals surface area contributed by atoms with Gasteiger partial charge in [-0.1, -0.05) is 0 Å². The van der Waals surface area contributed by atoms with Crippen LogP contribution < -0.4 is 4.74 Å². The Morgan fingerprint density at radius 1 is 1.47 bits per heavy atom. The lowest BCUT2D eigenvalue weighted by molar-refractivity contribution is -0.155. The molecule has 0 bridgehead atoms. The van der Waals surface area contributed by atoms with Gasteiger partial charge < -0.3 is 9.47 Å². The van der Waals surface area contributed by atoms with E-state index >= 15 is 0 Å². The molecule has 0 amide bonds. The zero-order chi connectivity index (χ0) is 14.0. The second-order valence-corrected chi connectivity index (χ2v) is 5.20. The molecule has 1 aliphatic rings. The summed E-state index contributed by atoms with van der Waals surface area (Å²) in [7, 11) is 0. The first-order chi connectivity index (χ1) is 9.04. The van der Waals surface area contributed by atoms with Crippen LogP contribution in [0.1, 0.15) is 17.3 Å². The van der Waals surface area contributed by atoms with Crippen LogP contribution in [0.5, 0.6) is 5.75 Å². The third kappa shape index (κ3) is 2.78. The Bertz CT molecular complexity index is 552. The number of fused-ring (bicyclic) bond motifs is 1. The molecule has 0 fully saturated rings. The zero-order valence-corrected chi connectivity index (χ0v) is 12.3. The normalized spacial score (nSPS) is 17.4. The second kappa shape index (κ2) is 5.68. The highest BCUT2D eigenvalue weighted by atomic mass is 127. The third-order valence-electron chi connectivity index (χ3n) is 2.72. The third-order valence-corrected chi connectivity index (χ3v) is 3.40. The van der Waals surface area contributed by atoms with Gasteiger partial charge in [0.15, 0.2) is 5.78 Å². The zero-order valence-electron chi connectivity index (χ0n) is 10.1. The fourth-order valence-corrected chi connectivity index (χ4v) is 2.26. The van der Waals surface area contributed by atoms with Crippen LogP contribution in [0.15, 0.2) is 18.2 Å². The molecule has 6 heteroatoms. The minimum absolute atomic E-state index is 0.0983. The van der Waals surface area contributed by atoms with E-state index in [1.54, 1.807) is 25.1 Å². The fourth-order valence-electron chi connectivity index (χ4n) is 1.79. The van der Waals surface area contributed by atoms with Gasteiger partial charge in [-0.3, -0.25) is 9.59 Å². The van der Waals surface area contributed by atoms with Crippen molar-refractivity contribution >= 4 is 40.1 Å². The van der Waals surface area contributed by atoms with Crippen LogP contribution in [-0.4, -0.2) is 30.7 Å². The van der Waals surface area contributed by atoms with E-state index in [9.17, 15) is 14.4 Å². The largest absolute Gasteiger partial charge is 0.492 e. The van der Waals surface area contributed by atoms with E-state index in [1.807, 2.05) is 0 Å². The maximum absolute atomic E-state index is 12.2. The van der Waals surface area contributed by atoms with Gasteiger partial charge >= 0.3 is 5.97 Å². The van der Waals surface area contributed by atoms with Gasteiger partial charge in [-0.2, -0.15) is 0 Å². The fraction of sp³-hybridized carbons (Fsp3) is 0.308. The van der Waals surface area contributed by atoms with Gasteiger partial charge in [0.1, 0.15) is 18.3 Å². The number of halogens is 1. The number of benzene rings is 1. The summed E-state index contributed by atoms with van der Waals surface area (Å²) in [4.78, 5) is 35.3. The summed E-state index contributed by atoms with van der Waals surface area (Å²) in [6.07, 6.45) is 0. The number of carbonyl (C=O) groups is 3. The Balaban J connectivity index is 2.24. The molecule has 2 rings (SSSR count). The lowest BCUT2D eigenvalue weighted by atomic mass is 9.91. The van der Waals surface area contributed by atoms with Gasteiger partial charge in [0.2, 0.25) is 0 Å². The molecule has 0 saturated heterocycles. The molecule has 1 aliphatic heterocycles. The Labute approximate surface area is 123 Å². The Kier molecular flexibility index (Phi) is 4.18. The number of rotatable bonds is 3. The van der Waals surface area contributed by atoms with E-state index in [0.29, 0.717) is 11.3 Å². The molecule has 0 radical (unpaired) electrons. The highest BCUT2D eigenvalue weighted by Crippen LogP contribution is 2.29. The molecule has 1 aromatic rings. The Morgan fingerprint density at radius 2 is 2.21 bits per heavy atom. The maximum Gasteiger partial charge on any atom is 0.375 e. The van der Waals surface area contributed by atoms with Gasteiger partial charge in [0.25, 0.3) is 5.78 Å². The summed E-state index contributed by atoms with van der Waals surface area (Å²) in [5.74, 6) is -2.89. The molecule has 1 aromatic carbocycles. The van der Waals surface area contributed by atoms with Gasteiger partial charge in [-0.05, 0) is 47.7 Å². The van der Waals surface area contributed by atoms with Gasteiger partial charge in [-0.25, -0.2) is 4.79 Å². The van der Waals surface area contributed by atoms with Crippen molar-refractivity contribution in [2.24, 2.45) is 5.92 Å². The number of ether oxygens (including phenoxy) is 2. The molecular formula is C13H11IO5. The Hall–Kier alpha value is -1.44. The molecule has 0 saturated carbocycles. The predicted octanol–water partition coefficient (Wildman–Crippen LogP) is 1.61. The molecule has 5 nitrogen and oxygen atoms in total. The topological polar surface area (TPSA) is 69.7 Å². The van der Waals surface area contributed by atoms with Crippen LogP contribution in [0.3, 0.4) is 0 Å². The molecule has 19 heavy (non-hydrogen) atoms. The monoisotopic (exact) mass is 374 g/mol. The van der Waals surface area contributed by atoms with Crippen LogP contribution in [0, 0.1) is 9.49 Å². The van der Waals surface area contributed by atoms with Crippen molar-refractivity contribution in [3.63, 3.8) is 0 Å². The summed E-state index contributed by atoms with van der Waals surface area (Å²) in [6.45, 7) is 1.58. The molecule has 0 aliphatic carbocycles. The minimum Gasteiger partial charge on any atom is -0.492 e. The summed E-state index contributed by atoms with van der Waals surface area (Å²) in [6, 6.07) is 5.07. The first kappa shape index (κ1) is 14.0. The number of ketones is 2. The van der Waals surface area contributed by atoms with E-state index in [2.05, 4.69) is 27.3 Å². The summed E-state index contributed by atoms with van der Waals surface area (Å²) in [5.41, 5.74) is 0.328. The Morgan fingerprint density at radius 3 is 2.89 bits per heavy atom. The number of hydrogen-bond donors (Lipinski definition) is 0. The number of Topliss-reactive ketones (excluding diaryl/α,β-unsaturated/α-hetero) is 2. The van der Waals surface area contributed by atoms with E-state index in [1.165, 1.54) is 0 Å². The molecule has 0 spiro atoms. The molecule has 100 valence electrons. The smallest absolute Gasteiger partial charge is 0.375 e. The van der Waals surface area contributed by atoms with E-state index in [0.717, 1.165) is 3.57 Å². The standard InChI is InChI=1S/C13H11IO5/c1-2-18-13(17)12(16)9-6-19-10-5-7(14)3-4-8(10)11(9)15/h3-5,9H,2,6H2,1H3. The predicted molar refractivity (Wildman–Crippen MR) is 74.1 cm³/mol. The lowest BCUT2D eigenvalue weighted by Crippen LogP contribution is -2.38. The maximum atomic E-state index is 12.2. The highest BCUT2D eigenvalue weighted by Gasteiger charge is 2.38. The average Bonchev–Trinajstić information content (AvgIpc) is 2.38. The highest BCUT2D eigenvalue weighted by molar-refractivity contribution is 14.1. The van der Waals surface area contributed by atoms with Crippen molar-refractivity contribution in [3.05, 3.63) is 27.3 Å². The van der Waals surface area contributed by atoms with Crippen LogP contribution in [0.2, 0.25) is 0 Å². The first-order valence-electron chi connectivity index (χ1n) is 5.72. The average molecular weight is 374 g/mol. The SMILES string of the molecule is CCOC(=O)C(=O)C1COc2cc(I)ccc2C1=O. The quantitative estimate of drug-likeness (QED) is 0.348. The van der Waals surface area contributed by atoms with Crippen LogP contribution >= 0.6 is 22.6 Å². The molecule has 1 atom stereocenters. The van der Waals surface area contributed by atoms with Crippen LogP contribution in [-0.2, 0) is 14.3 Å². The number of carbonyl (C=O) groups excluding carboxylic acids is 3. The van der Waals surface area contributed by atoms with Crippen molar-refractivity contribution in [2.75, 3.05) is 13.2 Å². The molecular weight excluding hydrogens is 363 g/mol. The van der Waals surface area contributed by atoms with E-state index in [4.69, 9.17) is 4.74 Å². The van der Waals surface area contributed by atoms with Crippen molar-refractivity contribution in [1.82, 2.24) is 0 Å². The first-order valence-corrected chi connectivity index (χ1v) is 6.80. The van der Waals surface area contributed by atoms with Gasteiger partial charge in [0.05, 0.1) is 12.2 Å². The van der Waals surface area contributed by atoms with Crippen molar-refractivity contribution in [1.29, 1.82) is 0 Å². The second-order valence-electron chi connectivity index (χ2n) is 3.95. The molecule has 1 heterocycles. The summed E-state index contributed by atoms with van der Waals surface area (Å²) < 4.78 is 10.9. The van der Waals surface area contributed by atoms with Gasteiger partial charge in [-0.15, -0.1) is 0 Å².